The van der Waals surface area contributed by atoms with E-state index in [0.29, 0.717) is 22.0 Å². The highest BCUT2D eigenvalue weighted by atomic mass is 35.5. The van der Waals surface area contributed by atoms with Crippen molar-refractivity contribution in [3.05, 3.63) is 45.7 Å². The number of carbonyl (C=O) groups excluding carboxylic acids is 2. The third kappa shape index (κ3) is 2.84. The molecule has 0 N–H and O–H groups in total. The second kappa shape index (κ2) is 6.07. The maximum Gasteiger partial charge on any atom is 0.359 e. The molecule has 0 unspecified atom stereocenters. The number of rotatable bonds is 4. The lowest BCUT2D eigenvalue weighted by Gasteiger charge is -2.03. The van der Waals surface area contributed by atoms with Crippen LogP contribution in [0.4, 0.5) is 0 Å². The first-order chi connectivity index (χ1) is 9.56. The fourth-order valence-electron chi connectivity index (χ4n) is 1.59. The molecule has 1 aromatic carbocycles. The predicted molar refractivity (Wildman–Crippen MR) is 74.9 cm³/mol. The highest BCUT2D eigenvalue weighted by Crippen LogP contribution is 2.24. The predicted octanol–water partition coefficient (Wildman–Crippen LogP) is 3.17. The Labute approximate surface area is 125 Å². The summed E-state index contributed by atoms with van der Waals surface area (Å²) in [6, 6.07) is 4.86. The second-order valence-electron chi connectivity index (χ2n) is 3.81. The molecule has 0 saturated heterocycles. The smallest absolute Gasteiger partial charge is 0.359 e. The van der Waals surface area contributed by atoms with E-state index in [-0.39, 0.29) is 17.9 Å². The molecule has 0 saturated carbocycles. The summed E-state index contributed by atoms with van der Waals surface area (Å²) >= 11 is 11.8. The molecular formula is C13H10Cl2N2O3. The van der Waals surface area contributed by atoms with Crippen molar-refractivity contribution in [2.24, 2.45) is 0 Å². The average molecular weight is 313 g/mol. The first-order valence-electron chi connectivity index (χ1n) is 5.74. The zero-order valence-electron chi connectivity index (χ0n) is 10.5. The minimum absolute atomic E-state index is 0.0343. The van der Waals surface area contributed by atoms with E-state index in [0.717, 1.165) is 0 Å². The maximum atomic E-state index is 11.7. The number of hydrogen-bond acceptors (Lipinski definition) is 4. The minimum Gasteiger partial charge on any atom is -0.461 e. The maximum absolute atomic E-state index is 11.7. The molecule has 0 amide bonds. The van der Waals surface area contributed by atoms with Crippen LogP contribution >= 0.6 is 23.2 Å². The molecule has 0 aliphatic carbocycles. The van der Waals surface area contributed by atoms with Gasteiger partial charge in [0.1, 0.15) is 0 Å². The first-order valence-corrected chi connectivity index (χ1v) is 6.49. The molecule has 1 aromatic heterocycles. The molecule has 0 spiro atoms. The van der Waals surface area contributed by atoms with Gasteiger partial charge in [-0.05, 0) is 25.1 Å². The molecule has 5 nitrogen and oxygen atoms in total. The molecule has 0 aliphatic heterocycles. The Morgan fingerprint density at radius 1 is 1.40 bits per heavy atom. The summed E-state index contributed by atoms with van der Waals surface area (Å²) in [7, 11) is 0. The van der Waals surface area contributed by atoms with Crippen LogP contribution in [0.3, 0.4) is 0 Å². The van der Waals surface area contributed by atoms with Crippen molar-refractivity contribution in [3.63, 3.8) is 0 Å². The molecule has 7 heteroatoms. The van der Waals surface area contributed by atoms with Crippen LogP contribution in [0.25, 0.3) is 5.69 Å². The van der Waals surface area contributed by atoms with E-state index in [1.165, 1.54) is 10.9 Å². The normalized spacial score (nSPS) is 10.3. The van der Waals surface area contributed by atoms with Gasteiger partial charge in [0.2, 0.25) is 0 Å². The molecular weight excluding hydrogens is 303 g/mol. The highest BCUT2D eigenvalue weighted by molar-refractivity contribution is 6.42. The number of hydrogen-bond donors (Lipinski definition) is 0. The molecule has 1 heterocycles. The van der Waals surface area contributed by atoms with E-state index in [4.69, 9.17) is 27.9 Å². The fourth-order valence-corrected chi connectivity index (χ4v) is 1.88. The molecule has 0 bridgehead atoms. The largest absolute Gasteiger partial charge is 0.461 e. The summed E-state index contributed by atoms with van der Waals surface area (Å²) in [5.74, 6) is -0.645. The third-order valence-corrected chi connectivity index (χ3v) is 3.25. The van der Waals surface area contributed by atoms with E-state index in [9.17, 15) is 9.59 Å². The van der Waals surface area contributed by atoms with Gasteiger partial charge in [0, 0.05) is 6.20 Å². The van der Waals surface area contributed by atoms with Crippen LogP contribution in [0.15, 0.2) is 24.4 Å². The Balaban J connectivity index is 2.45. The topological polar surface area (TPSA) is 61.2 Å². The number of aromatic nitrogens is 2. The molecule has 104 valence electrons. The van der Waals surface area contributed by atoms with Gasteiger partial charge in [-0.3, -0.25) is 4.79 Å². The Bertz CT molecular complexity index is 668. The molecule has 0 aliphatic rings. The Kier molecular flexibility index (Phi) is 4.42. The molecule has 0 fully saturated rings. The number of halogens is 2. The van der Waals surface area contributed by atoms with Crippen molar-refractivity contribution >= 4 is 35.5 Å². The van der Waals surface area contributed by atoms with Crippen molar-refractivity contribution in [3.8, 4) is 5.69 Å². The fraction of sp³-hybridized carbons (Fsp3) is 0.154. The van der Waals surface area contributed by atoms with Crippen LogP contribution in [0.5, 0.6) is 0 Å². The summed E-state index contributed by atoms with van der Waals surface area (Å²) in [5, 5.41) is 4.81. The van der Waals surface area contributed by atoms with Gasteiger partial charge in [0.15, 0.2) is 12.0 Å². The molecule has 0 radical (unpaired) electrons. The van der Waals surface area contributed by atoms with Crippen molar-refractivity contribution < 1.29 is 14.3 Å². The van der Waals surface area contributed by atoms with E-state index in [1.54, 1.807) is 25.1 Å². The van der Waals surface area contributed by atoms with Gasteiger partial charge in [0.05, 0.1) is 27.9 Å². The Hall–Kier alpha value is -1.85. The van der Waals surface area contributed by atoms with Crippen LogP contribution < -0.4 is 0 Å². The summed E-state index contributed by atoms with van der Waals surface area (Å²) in [6.45, 7) is 1.88. The van der Waals surface area contributed by atoms with Crippen molar-refractivity contribution in [1.82, 2.24) is 9.78 Å². The quantitative estimate of drug-likeness (QED) is 0.642. The molecule has 2 aromatic rings. The number of benzene rings is 1. The number of nitrogens with zero attached hydrogens (tertiary/aromatic N) is 2. The van der Waals surface area contributed by atoms with Gasteiger partial charge in [-0.2, -0.15) is 5.10 Å². The van der Waals surface area contributed by atoms with Crippen LogP contribution in [-0.2, 0) is 4.74 Å². The standard InChI is InChI=1S/C13H10Cl2N2O3/c1-2-20-13(19)12-8(7-18)6-17(16-12)9-3-4-10(14)11(15)5-9/h3-7H,2H2,1H3. The van der Waals surface area contributed by atoms with E-state index >= 15 is 0 Å². The number of esters is 1. The highest BCUT2D eigenvalue weighted by Gasteiger charge is 2.18. The van der Waals surface area contributed by atoms with Crippen molar-refractivity contribution in [2.75, 3.05) is 6.61 Å². The van der Waals surface area contributed by atoms with Gasteiger partial charge in [-0.25, -0.2) is 9.48 Å². The molecule has 2 rings (SSSR count). The number of aldehydes is 1. The van der Waals surface area contributed by atoms with Crippen LogP contribution in [-0.4, -0.2) is 28.6 Å². The van der Waals surface area contributed by atoms with Gasteiger partial charge < -0.3 is 4.74 Å². The zero-order chi connectivity index (χ0) is 14.7. The summed E-state index contributed by atoms with van der Waals surface area (Å²) in [4.78, 5) is 22.7. The first kappa shape index (κ1) is 14.6. The average Bonchev–Trinajstić information content (AvgIpc) is 2.86. The van der Waals surface area contributed by atoms with Crippen molar-refractivity contribution in [2.45, 2.75) is 6.92 Å². The van der Waals surface area contributed by atoms with Crippen LogP contribution in [0, 0.1) is 0 Å². The Morgan fingerprint density at radius 2 is 2.15 bits per heavy atom. The molecule has 20 heavy (non-hydrogen) atoms. The van der Waals surface area contributed by atoms with Gasteiger partial charge in [-0.15, -0.1) is 0 Å². The second-order valence-corrected chi connectivity index (χ2v) is 4.63. The lowest BCUT2D eigenvalue weighted by molar-refractivity contribution is 0.0517. The monoisotopic (exact) mass is 312 g/mol. The van der Waals surface area contributed by atoms with Crippen LogP contribution in [0.2, 0.25) is 10.0 Å². The van der Waals surface area contributed by atoms with Gasteiger partial charge in [0.25, 0.3) is 0 Å². The third-order valence-electron chi connectivity index (χ3n) is 2.51. The van der Waals surface area contributed by atoms with E-state index < -0.39 is 5.97 Å². The molecule has 0 atom stereocenters. The van der Waals surface area contributed by atoms with Crippen molar-refractivity contribution in [1.29, 1.82) is 0 Å². The SMILES string of the molecule is CCOC(=O)c1nn(-c2ccc(Cl)c(Cl)c2)cc1C=O. The lowest BCUT2D eigenvalue weighted by atomic mass is 10.3. The van der Waals surface area contributed by atoms with E-state index in [1.807, 2.05) is 0 Å². The van der Waals surface area contributed by atoms with Gasteiger partial charge >= 0.3 is 5.97 Å². The summed E-state index contributed by atoms with van der Waals surface area (Å²) < 4.78 is 6.21. The summed E-state index contributed by atoms with van der Waals surface area (Å²) in [6.07, 6.45) is 1.98. The van der Waals surface area contributed by atoms with Crippen LogP contribution in [0.1, 0.15) is 27.8 Å². The van der Waals surface area contributed by atoms with E-state index in [2.05, 4.69) is 5.10 Å². The lowest BCUT2D eigenvalue weighted by Crippen LogP contribution is -2.08. The zero-order valence-corrected chi connectivity index (χ0v) is 12.0. The van der Waals surface area contributed by atoms with Gasteiger partial charge in [-0.1, -0.05) is 23.2 Å². The number of carbonyl (C=O) groups is 2. The minimum atomic E-state index is -0.645. The Morgan fingerprint density at radius 3 is 2.75 bits per heavy atom. The summed E-state index contributed by atoms with van der Waals surface area (Å²) in [5.41, 5.74) is 0.695. The number of ether oxygens (including phenoxy) is 1.